The van der Waals surface area contributed by atoms with Crippen LogP contribution in [0.15, 0.2) is 18.2 Å². The van der Waals surface area contributed by atoms with Gasteiger partial charge in [-0.1, -0.05) is 23.2 Å². The molecule has 4 nitrogen and oxygen atoms in total. The molecule has 0 radical (unpaired) electrons. The fourth-order valence-corrected chi connectivity index (χ4v) is 2.76. The van der Waals surface area contributed by atoms with Crippen molar-refractivity contribution in [3.63, 3.8) is 0 Å². The van der Waals surface area contributed by atoms with Crippen LogP contribution in [-0.4, -0.2) is 42.1 Å². The first-order valence-corrected chi connectivity index (χ1v) is 8.14. The molecule has 0 amide bonds. The number of carbonyl (C=O) groups is 1. The van der Waals surface area contributed by atoms with E-state index in [4.69, 9.17) is 28.0 Å². The molecule has 2 rings (SSSR count). The van der Waals surface area contributed by atoms with Gasteiger partial charge in [-0.05, 0) is 44.5 Å². The molecule has 6 heteroatoms. The fraction of sp³-hybridized carbons (Fsp3) is 0.562. The second-order valence-electron chi connectivity index (χ2n) is 6.61. The molecule has 1 aliphatic rings. The predicted octanol–water partition coefficient (Wildman–Crippen LogP) is 3.62. The monoisotopic (exact) mass is 344 g/mol. The summed E-state index contributed by atoms with van der Waals surface area (Å²) in [5.74, 6) is -0.192. The molecule has 0 atom stereocenters. The Bertz CT molecular complexity index is 515. The summed E-state index contributed by atoms with van der Waals surface area (Å²) in [4.78, 5) is 19.6. The molecule has 1 saturated heterocycles. The molecular weight excluding hydrogens is 323 g/mol. The summed E-state index contributed by atoms with van der Waals surface area (Å²) >= 11 is 12.0. The molecule has 1 aromatic carbocycles. The van der Waals surface area contributed by atoms with Crippen LogP contribution < -0.4 is 0 Å². The lowest BCUT2D eigenvalue weighted by Crippen LogP contribution is -2.47. The van der Waals surface area contributed by atoms with E-state index in [2.05, 4.69) is 4.90 Å². The molecule has 0 spiro atoms. The van der Waals surface area contributed by atoms with Crippen molar-refractivity contribution in [1.29, 1.82) is 0 Å². The van der Waals surface area contributed by atoms with Gasteiger partial charge in [0.05, 0.1) is 5.41 Å². The molecule has 22 heavy (non-hydrogen) atoms. The predicted molar refractivity (Wildman–Crippen MR) is 88.9 cm³/mol. The van der Waals surface area contributed by atoms with E-state index in [-0.39, 0.29) is 5.97 Å². The summed E-state index contributed by atoms with van der Waals surface area (Å²) in [5, 5.41) is 3.05. The van der Waals surface area contributed by atoms with E-state index in [0.717, 1.165) is 25.2 Å². The van der Waals surface area contributed by atoms with Gasteiger partial charge in [0.2, 0.25) is 0 Å². The van der Waals surface area contributed by atoms with Crippen LogP contribution in [0.3, 0.4) is 0 Å². The lowest BCUT2D eigenvalue weighted by Gasteiger charge is -2.34. The van der Waals surface area contributed by atoms with Crippen molar-refractivity contribution in [2.24, 2.45) is 5.41 Å². The van der Waals surface area contributed by atoms with Gasteiger partial charge in [0.15, 0.2) is 0 Å². The number of hydroxylamine groups is 2. The van der Waals surface area contributed by atoms with Crippen LogP contribution in [-0.2, 0) is 16.2 Å². The number of rotatable bonds is 3. The highest BCUT2D eigenvalue weighted by molar-refractivity contribution is 6.34. The van der Waals surface area contributed by atoms with Gasteiger partial charge in [0.25, 0.3) is 0 Å². The summed E-state index contributed by atoms with van der Waals surface area (Å²) in [7, 11) is 0. The summed E-state index contributed by atoms with van der Waals surface area (Å²) in [6, 6.07) is 5.59. The van der Waals surface area contributed by atoms with Crippen LogP contribution in [0, 0.1) is 5.41 Å². The second-order valence-corrected chi connectivity index (χ2v) is 7.48. The Morgan fingerprint density at radius 1 is 1.09 bits per heavy atom. The van der Waals surface area contributed by atoms with Gasteiger partial charge in [0, 0.05) is 42.8 Å². The van der Waals surface area contributed by atoms with Crippen LogP contribution in [0.2, 0.25) is 10.0 Å². The third-order valence-corrected chi connectivity index (χ3v) is 3.92. The van der Waals surface area contributed by atoms with Crippen LogP contribution >= 0.6 is 23.2 Å². The van der Waals surface area contributed by atoms with Crippen LogP contribution in [0.1, 0.15) is 26.3 Å². The molecular formula is C16H22Cl2N2O2. The van der Waals surface area contributed by atoms with Crippen molar-refractivity contribution in [2.45, 2.75) is 27.3 Å². The van der Waals surface area contributed by atoms with Crippen molar-refractivity contribution < 1.29 is 9.63 Å². The topological polar surface area (TPSA) is 32.8 Å². The van der Waals surface area contributed by atoms with Gasteiger partial charge in [-0.15, -0.1) is 5.06 Å². The number of carbonyl (C=O) groups excluding carboxylic acids is 1. The maximum atomic E-state index is 11.9. The number of hydrogen-bond donors (Lipinski definition) is 0. The Balaban J connectivity index is 1.83. The Labute approximate surface area is 141 Å². The van der Waals surface area contributed by atoms with Crippen molar-refractivity contribution in [3.8, 4) is 0 Å². The maximum Gasteiger partial charge on any atom is 0.330 e. The standard InChI is InChI=1S/C16H22Cl2N2O2/c1-16(2,3)15(21)22-20-6-4-19(5-7-20)11-12-8-13(17)10-14(18)9-12/h8-10H,4-7,11H2,1-3H3. The highest BCUT2D eigenvalue weighted by Crippen LogP contribution is 2.21. The van der Waals surface area contributed by atoms with E-state index in [0.29, 0.717) is 23.1 Å². The molecule has 0 saturated carbocycles. The minimum absolute atomic E-state index is 0.192. The van der Waals surface area contributed by atoms with Gasteiger partial charge in [-0.2, -0.15) is 0 Å². The molecule has 0 unspecified atom stereocenters. The van der Waals surface area contributed by atoms with E-state index >= 15 is 0 Å². The molecule has 1 aromatic rings. The minimum atomic E-state index is -0.478. The Hall–Kier alpha value is -0.810. The van der Waals surface area contributed by atoms with E-state index in [1.54, 1.807) is 11.1 Å². The average Bonchev–Trinajstić information content (AvgIpc) is 2.38. The largest absolute Gasteiger partial charge is 0.367 e. The first kappa shape index (κ1) is 17.5. The molecule has 122 valence electrons. The normalized spacial score (nSPS) is 17.5. The smallest absolute Gasteiger partial charge is 0.330 e. The van der Waals surface area contributed by atoms with Crippen molar-refractivity contribution >= 4 is 29.2 Å². The van der Waals surface area contributed by atoms with E-state index in [9.17, 15) is 4.79 Å². The van der Waals surface area contributed by atoms with Gasteiger partial charge in [-0.3, -0.25) is 4.90 Å². The van der Waals surface area contributed by atoms with Crippen LogP contribution in [0.5, 0.6) is 0 Å². The summed E-state index contributed by atoms with van der Waals surface area (Å²) in [6.07, 6.45) is 0. The quantitative estimate of drug-likeness (QED) is 0.838. The Morgan fingerprint density at radius 3 is 2.14 bits per heavy atom. The van der Waals surface area contributed by atoms with Crippen molar-refractivity contribution in [1.82, 2.24) is 9.96 Å². The lowest BCUT2D eigenvalue weighted by molar-refractivity contribution is -0.207. The SMILES string of the molecule is CC(C)(C)C(=O)ON1CCN(Cc2cc(Cl)cc(Cl)c2)CC1. The van der Waals surface area contributed by atoms with Crippen molar-refractivity contribution in [3.05, 3.63) is 33.8 Å². The zero-order valence-electron chi connectivity index (χ0n) is 13.2. The second kappa shape index (κ2) is 7.18. The first-order valence-electron chi connectivity index (χ1n) is 7.39. The highest BCUT2D eigenvalue weighted by Gasteiger charge is 2.27. The maximum absolute atomic E-state index is 11.9. The van der Waals surface area contributed by atoms with E-state index < -0.39 is 5.41 Å². The first-order chi connectivity index (χ1) is 10.2. The average molecular weight is 345 g/mol. The van der Waals surface area contributed by atoms with Gasteiger partial charge >= 0.3 is 5.97 Å². The zero-order chi connectivity index (χ0) is 16.3. The van der Waals surface area contributed by atoms with E-state index in [1.165, 1.54) is 0 Å². The molecule has 1 heterocycles. The van der Waals surface area contributed by atoms with Gasteiger partial charge in [0.1, 0.15) is 0 Å². The Morgan fingerprint density at radius 2 is 1.64 bits per heavy atom. The molecule has 1 fully saturated rings. The summed E-state index contributed by atoms with van der Waals surface area (Å²) < 4.78 is 0. The summed E-state index contributed by atoms with van der Waals surface area (Å²) in [5.41, 5.74) is 0.618. The molecule has 0 N–H and O–H groups in total. The molecule has 1 aliphatic heterocycles. The van der Waals surface area contributed by atoms with Crippen LogP contribution in [0.25, 0.3) is 0 Å². The molecule has 0 bridgehead atoms. The number of nitrogens with zero attached hydrogens (tertiary/aromatic N) is 2. The summed E-state index contributed by atoms with van der Waals surface area (Å²) in [6.45, 7) is 9.44. The highest BCUT2D eigenvalue weighted by atomic mass is 35.5. The lowest BCUT2D eigenvalue weighted by atomic mass is 9.98. The third-order valence-electron chi connectivity index (χ3n) is 3.48. The van der Waals surface area contributed by atoms with Crippen LogP contribution in [0.4, 0.5) is 0 Å². The van der Waals surface area contributed by atoms with Gasteiger partial charge in [-0.25, -0.2) is 4.79 Å². The fourth-order valence-electron chi connectivity index (χ4n) is 2.19. The van der Waals surface area contributed by atoms with Gasteiger partial charge < -0.3 is 4.84 Å². The number of hydrogen-bond acceptors (Lipinski definition) is 4. The number of benzene rings is 1. The van der Waals surface area contributed by atoms with Crippen molar-refractivity contribution in [2.75, 3.05) is 26.2 Å². The minimum Gasteiger partial charge on any atom is -0.367 e. The third kappa shape index (κ3) is 5.13. The number of piperazine rings is 1. The Kier molecular flexibility index (Phi) is 5.72. The zero-order valence-corrected chi connectivity index (χ0v) is 14.7. The molecule has 0 aliphatic carbocycles. The molecule has 0 aromatic heterocycles. The number of halogens is 2. The van der Waals surface area contributed by atoms with E-state index in [1.807, 2.05) is 32.9 Å².